The summed E-state index contributed by atoms with van der Waals surface area (Å²) in [5.41, 5.74) is 1.83. The Bertz CT molecular complexity index is 676. The van der Waals surface area contributed by atoms with Gasteiger partial charge in [-0.25, -0.2) is 4.98 Å². The molecule has 0 fully saturated rings. The molecule has 20 heavy (non-hydrogen) atoms. The average Bonchev–Trinajstić information content (AvgIpc) is 2.99. The summed E-state index contributed by atoms with van der Waals surface area (Å²) in [4.78, 5) is 27.7. The van der Waals surface area contributed by atoms with E-state index in [-0.39, 0.29) is 11.7 Å². The van der Waals surface area contributed by atoms with Crippen LogP contribution >= 0.6 is 11.8 Å². The molecule has 102 valence electrons. The molecule has 0 atom stereocenters. The molecule has 0 spiro atoms. The van der Waals surface area contributed by atoms with Crippen molar-refractivity contribution in [1.29, 1.82) is 0 Å². The number of Topliss-reactive ketones (excluding diaryl/α,β-unsaturated/α-hetero) is 1. The lowest BCUT2D eigenvalue weighted by Gasteiger charge is -2.00. The zero-order valence-corrected chi connectivity index (χ0v) is 11.8. The monoisotopic (exact) mass is 287 g/mol. The van der Waals surface area contributed by atoms with Crippen molar-refractivity contribution in [2.45, 2.75) is 24.9 Å². The van der Waals surface area contributed by atoms with Crippen molar-refractivity contribution in [2.75, 3.05) is 5.75 Å². The molecule has 0 unspecified atom stereocenters. The van der Waals surface area contributed by atoms with Crippen LogP contribution in [0.2, 0.25) is 0 Å². The van der Waals surface area contributed by atoms with Gasteiger partial charge in [0, 0.05) is 18.4 Å². The molecule has 2 heterocycles. The third kappa shape index (κ3) is 2.51. The van der Waals surface area contributed by atoms with Crippen LogP contribution in [0.3, 0.4) is 0 Å². The maximum Gasteiger partial charge on any atom is 0.259 e. The van der Waals surface area contributed by atoms with E-state index in [1.54, 1.807) is 0 Å². The molecule has 0 bridgehead atoms. The minimum absolute atomic E-state index is 0.0476. The van der Waals surface area contributed by atoms with Crippen LogP contribution < -0.4 is 0 Å². The van der Waals surface area contributed by atoms with Crippen molar-refractivity contribution in [1.82, 2.24) is 14.8 Å². The van der Waals surface area contributed by atoms with Crippen molar-refractivity contribution in [2.24, 2.45) is 0 Å². The van der Waals surface area contributed by atoms with E-state index in [1.807, 2.05) is 31.2 Å². The fourth-order valence-corrected chi connectivity index (χ4v) is 2.81. The van der Waals surface area contributed by atoms with E-state index in [4.69, 9.17) is 0 Å². The van der Waals surface area contributed by atoms with Gasteiger partial charge in [-0.2, -0.15) is 4.68 Å². The number of thioether (sulfide) groups is 1. The van der Waals surface area contributed by atoms with Crippen molar-refractivity contribution < 1.29 is 9.59 Å². The van der Waals surface area contributed by atoms with E-state index in [0.717, 1.165) is 5.56 Å². The number of ketones is 1. The number of carbonyl (C=O) groups excluding carboxylic acids is 2. The molecule has 1 aromatic carbocycles. The molecule has 1 aliphatic heterocycles. The van der Waals surface area contributed by atoms with Crippen molar-refractivity contribution in [3.05, 3.63) is 41.2 Å². The highest BCUT2D eigenvalue weighted by Gasteiger charge is 2.23. The summed E-state index contributed by atoms with van der Waals surface area (Å²) in [5, 5.41) is 4.77. The Balaban J connectivity index is 1.65. The lowest BCUT2D eigenvalue weighted by Crippen LogP contribution is -2.09. The Hall–Kier alpha value is -1.95. The standard InChI is InChI=1S/C14H13N3O2S/c1-9-2-4-10(5-3-9)11(18)6-7-12-15-14-17(16-12)13(19)8-20-14/h2-5H,6-8H2,1H3. The molecule has 1 aliphatic rings. The van der Waals surface area contributed by atoms with E-state index in [9.17, 15) is 9.59 Å². The SMILES string of the molecule is Cc1ccc(C(=O)CCc2nc3n(n2)C(=O)CS3)cc1. The molecule has 6 heteroatoms. The molecule has 3 rings (SSSR count). The second-order valence-corrected chi connectivity index (χ2v) is 5.64. The van der Waals surface area contributed by atoms with Crippen LogP contribution in [-0.4, -0.2) is 32.2 Å². The molecule has 2 aromatic rings. The molecule has 0 amide bonds. The summed E-state index contributed by atoms with van der Waals surface area (Å²) in [7, 11) is 0. The van der Waals surface area contributed by atoms with Gasteiger partial charge in [0.05, 0.1) is 5.75 Å². The quantitative estimate of drug-likeness (QED) is 0.806. The number of hydrogen-bond acceptors (Lipinski definition) is 5. The molecular formula is C14H13N3O2S. The Morgan fingerprint density at radius 3 is 2.80 bits per heavy atom. The normalized spacial score (nSPS) is 13.6. The van der Waals surface area contributed by atoms with Gasteiger partial charge < -0.3 is 0 Å². The maximum absolute atomic E-state index is 12.0. The fraction of sp³-hybridized carbons (Fsp3) is 0.286. The third-order valence-corrected chi connectivity index (χ3v) is 4.05. The molecule has 0 saturated carbocycles. The first-order valence-electron chi connectivity index (χ1n) is 6.35. The number of aromatic nitrogens is 3. The van der Waals surface area contributed by atoms with Crippen LogP contribution in [0.15, 0.2) is 29.4 Å². The zero-order chi connectivity index (χ0) is 14.1. The van der Waals surface area contributed by atoms with Gasteiger partial charge in [-0.05, 0) is 6.92 Å². The molecular weight excluding hydrogens is 274 g/mol. The van der Waals surface area contributed by atoms with E-state index in [1.165, 1.54) is 16.4 Å². The molecule has 0 saturated heterocycles. The van der Waals surface area contributed by atoms with Crippen LogP contribution in [0.4, 0.5) is 0 Å². The number of fused-ring (bicyclic) bond motifs is 1. The number of rotatable bonds is 4. The zero-order valence-electron chi connectivity index (χ0n) is 11.0. The summed E-state index contributed by atoms with van der Waals surface area (Å²) in [6, 6.07) is 7.51. The summed E-state index contributed by atoms with van der Waals surface area (Å²) in [6.07, 6.45) is 0.811. The van der Waals surface area contributed by atoms with Crippen molar-refractivity contribution in [3.8, 4) is 0 Å². The van der Waals surface area contributed by atoms with Crippen LogP contribution in [0, 0.1) is 6.92 Å². The van der Waals surface area contributed by atoms with E-state index >= 15 is 0 Å². The summed E-state index contributed by atoms with van der Waals surface area (Å²) in [5.74, 6) is 0.978. The van der Waals surface area contributed by atoms with Crippen molar-refractivity contribution in [3.63, 3.8) is 0 Å². The minimum atomic E-state index is -0.0476. The first-order valence-corrected chi connectivity index (χ1v) is 7.34. The first-order chi connectivity index (χ1) is 9.63. The van der Waals surface area contributed by atoms with Gasteiger partial charge >= 0.3 is 0 Å². The smallest absolute Gasteiger partial charge is 0.259 e. The van der Waals surface area contributed by atoms with Gasteiger partial charge in [0.2, 0.25) is 0 Å². The second kappa shape index (κ2) is 5.20. The third-order valence-electron chi connectivity index (χ3n) is 3.13. The van der Waals surface area contributed by atoms with Gasteiger partial charge in [-0.3, -0.25) is 9.59 Å². The van der Waals surface area contributed by atoms with Gasteiger partial charge in [0.1, 0.15) is 0 Å². The number of aryl methyl sites for hydroxylation is 2. The van der Waals surface area contributed by atoms with Gasteiger partial charge in [0.25, 0.3) is 5.91 Å². The van der Waals surface area contributed by atoms with Crippen LogP contribution in [0.5, 0.6) is 0 Å². The van der Waals surface area contributed by atoms with E-state index < -0.39 is 0 Å². The number of benzene rings is 1. The lowest BCUT2D eigenvalue weighted by atomic mass is 10.1. The number of carbonyl (C=O) groups is 2. The Morgan fingerprint density at radius 1 is 1.35 bits per heavy atom. The van der Waals surface area contributed by atoms with Gasteiger partial charge in [-0.15, -0.1) is 5.10 Å². The van der Waals surface area contributed by atoms with Crippen LogP contribution in [-0.2, 0) is 6.42 Å². The summed E-state index contributed by atoms with van der Waals surface area (Å²) >= 11 is 1.38. The molecule has 0 radical (unpaired) electrons. The number of nitrogens with zero attached hydrogens (tertiary/aromatic N) is 3. The minimum Gasteiger partial charge on any atom is -0.294 e. The maximum atomic E-state index is 12.0. The van der Waals surface area contributed by atoms with Crippen LogP contribution in [0.1, 0.15) is 33.0 Å². The van der Waals surface area contributed by atoms with E-state index in [0.29, 0.717) is 35.1 Å². The lowest BCUT2D eigenvalue weighted by molar-refractivity contribution is 0.0922. The molecule has 0 aliphatic carbocycles. The fourth-order valence-electron chi connectivity index (χ4n) is 2.00. The summed E-state index contributed by atoms with van der Waals surface area (Å²) < 4.78 is 1.33. The Labute approximate surface area is 120 Å². The van der Waals surface area contributed by atoms with Crippen LogP contribution in [0.25, 0.3) is 0 Å². The first kappa shape index (κ1) is 13.1. The predicted molar refractivity (Wildman–Crippen MR) is 75.2 cm³/mol. The van der Waals surface area contributed by atoms with Crippen molar-refractivity contribution >= 4 is 23.5 Å². The Kier molecular flexibility index (Phi) is 3.40. The average molecular weight is 287 g/mol. The largest absolute Gasteiger partial charge is 0.294 e. The topological polar surface area (TPSA) is 64.8 Å². The summed E-state index contributed by atoms with van der Waals surface area (Å²) in [6.45, 7) is 1.99. The molecule has 5 nitrogen and oxygen atoms in total. The molecule has 0 N–H and O–H groups in total. The van der Waals surface area contributed by atoms with E-state index in [2.05, 4.69) is 10.1 Å². The molecule has 1 aromatic heterocycles. The predicted octanol–water partition coefficient (Wildman–Crippen LogP) is 2.15. The highest BCUT2D eigenvalue weighted by molar-refractivity contribution is 8.00. The van der Waals surface area contributed by atoms with Gasteiger partial charge in [-0.1, -0.05) is 41.6 Å². The number of hydrogen-bond donors (Lipinski definition) is 0. The Morgan fingerprint density at radius 2 is 2.10 bits per heavy atom. The van der Waals surface area contributed by atoms with Gasteiger partial charge in [0.15, 0.2) is 16.8 Å². The highest BCUT2D eigenvalue weighted by atomic mass is 32.2. The highest BCUT2D eigenvalue weighted by Crippen LogP contribution is 2.23. The second-order valence-electron chi connectivity index (χ2n) is 4.69.